The zero-order valence-electron chi connectivity index (χ0n) is 18.6. The van der Waals surface area contributed by atoms with E-state index in [4.69, 9.17) is 14.5 Å². The summed E-state index contributed by atoms with van der Waals surface area (Å²) in [5, 5.41) is 25.0. The molecule has 0 spiro atoms. The quantitative estimate of drug-likeness (QED) is 0.378. The maximum Gasteiger partial charge on any atom is 0.413 e. The molecule has 0 radical (unpaired) electrons. The first-order valence-electron chi connectivity index (χ1n) is 10.1. The molecule has 0 bridgehead atoms. The average molecular weight is 495 g/mol. The predicted molar refractivity (Wildman–Crippen MR) is 116 cm³/mol. The Hall–Kier alpha value is -5.26. The lowest BCUT2D eigenvalue weighted by molar-refractivity contribution is 0.0987. The normalized spacial score (nSPS) is 11.4. The first-order valence-corrected chi connectivity index (χ1v) is 10.1. The van der Waals surface area contributed by atoms with Gasteiger partial charge in [0, 0.05) is 13.1 Å². The lowest BCUT2D eigenvalue weighted by Gasteiger charge is -2.15. The van der Waals surface area contributed by atoms with E-state index in [0.29, 0.717) is 11.9 Å². The topological polar surface area (TPSA) is 174 Å². The summed E-state index contributed by atoms with van der Waals surface area (Å²) in [6.45, 7) is 1.36. The summed E-state index contributed by atoms with van der Waals surface area (Å²) in [5.74, 6) is -2.43. The molecule has 0 saturated heterocycles. The number of carbonyl (C=O) groups is 2. The Bertz CT molecular complexity index is 1480. The fourth-order valence-electron chi connectivity index (χ4n) is 2.98. The van der Waals surface area contributed by atoms with Crippen LogP contribution in [0.1, 0.15) is 34.8 Å². The van der Waals surface area contributed by atoms with Gasteiger partial charge in [0.1, 0.15) is 18.0 Å². The number of hydrogen-bond donors (Lipinski definition) is 2. The Kier molecular flexibility index (Phi) is 6.59. The molecule has 4 heterocycles. The number of aryl methyl sites for hydroxylation is 1. The highest BCUT2D eigenvalue weighted by Gasteiger charge is 2.22. The number of rotatable bonds is 6. The number of carbonyl (C=O) groups excluding carboxylic acids is 2. The highest BCUT2D eigenvalue weighted by atomic mass is 19.1. The minimum absolute atomic E-state index is 0.0399. The number of nitriles is 1. The standard InChI is InChI=1S/C21H15F2N9O4/c1-10(14-5-11(22)8-26-18(14)23)35-21(34)28-19-17(29-31-32(19)2)15-4-3-12(9-25-15)27-20(33)16-6-13(7-24)30-36-16/h3-6,8-10H,1-2H3,(H,27,33)(H,28,34)/t10-/m1/s1. The number of anilines is 2. The molecule has 4 aromatic heterocycles. The molecule has 0 aliphatic carbocycles. The number of nitrogens with zero attached hydrogens (tertiary/aromatic N) is 7. The first kappa shape index (κ1) is 23.9. The lowest BCUT2D eigenvalue weighted by Crippen LogP contribution is -2.19. The highest BCUT2D eigenvalue weighted by Crippen LogP contribution is 2.26. The minimum Gasteiger partial charge on any atom is -0.441 e. The fraction of sp³-hybridized carbons (Fsp3) is 0.143. The number of hydrogen-bond acceptors (Lipinski definition) is 10. The van der Waals surface area contributed by atoms with E-state index < -0.39 is 29.9 Å². The molecule has 15 heteroatoms. The molecule has 0 aliphatic rings. The van der Waals surface area contributed by atoms with Crippen molar-refractivity contribution in [3.63, 3.8) is 0 Å². The Balaban J connectivity index is 1.45. The molecule has 2 amide bonds. The molecular weight excluding hydrogens is 480 g/mol. The van der Waals surface area contributed by atoms with Crippen molar-refractivity contribution in [3.8, 4) is 17.5 Å². The smallest absolute Gasteiger partial charge is 0.413 e. The van der Waals surface area contributed by atoms with E-state index in [1.165, 1.54) is 43.0 Å². The van der Waals surface area contributed by atoms with Gasteiger partial charge in [0.15, 0.2) is 17.2 Å². The Morgan fingerprint density at radius 1 is 1.19 bits per heavy atom. The van der Waals surface area contributed by atoms with Crippen LogP contribution in [-0.2, 0) is 11.8 Å². The van der Waals surface area contributed by atoms with E-state index in [-0.39, 0.29) is 34.2 Å². The van der Waals surface area contributed by atoms with E-state index in [2.05, 4.69) is 36.1 Å². The van der Waals surface area contributed by atoms with E-state index in [1.54, 1.807) is 6.07 Å². The average Bonchev–Trinajstić information content (AvgIpc) is 3.48. The van der Waals surface area contributed by atoms with Gasteiger partial charge in [-0.1, -0.05) is 10.4 Å². The van der Waals surface area contributed by atoms with Gasteiger partial charge in [-0.2, -0.15) is 9.65 Å². The highest BCUT2D eigenvalue weighted by molar-refractivity contribution is 6.02. The Labute approximate surface area is 200 Å². The SMILES string of the molecule is C[C@@H](OC(=O)Nc1c(-c2ccc(NC(=O)c3cc(C#N)no3)cn2)nnn1C)c1cc(F)cnc1F. The predicted octanol–water partition coefficient (Wildman–Crippen LogP) is 2.97. The summed E-state index contributed by atoms with van der Waals surface area (Å²) in [6.07, 6.45) is -0.0902. The molecule has 36 heavy (non-hydrogen) atoms. The van der Waals surface area contributed by atoms with Crippen LogP contribution in [0.5, 0.6) is 0 Å². The second-order valence-corrected chi connectivity index (χ2v) is 7.19. The molecule has 13 nitrogen and oxygen atoms in total. The van der Waals surface area contributed by atoms with Crippen LogP contribution >= 0.6 is 0 Å². The van der Waals surface area contributed by atoms with Crippen molar-refractivity contribution in [1.29, 1.82) is 5.26 Å². The zero-order chi connectivity index (χ0) is 25.8. The van der Waals surface area contributed by atoms with Crippen molar-refractivity contribution in [1.82, 2.24) is 30.1 Å². The molecule has 182 valence electrons. The van der Waals surface area contributed by atoms with Gasteiger partial charge in [-0.15, -0.1) is 5.10 Å². The van der Waals surface area contributed by atoms with Crippen LogP contribution in [0.15, 0.2) is 41.2 Å². The second kappa shape index (κ2) is 9.93. The summed E-state index contributed by atoms with van der Waals surface area (Å²) in [4.78, 5) is 32.1. The summed E-state index contributed by atoms with van der Waals surface area (Å²) >= 11 is 0. The van der Waals surface area contributed by atoms with Crippen molar-refractivity contribution in [2.75, 3.05) is 10.6 Å². The van der Waals surface area contributed by atoms with Gasteiger partial charge < -0.3 is 14.6 Å². The second-order valence-electron chi connectivity index (χ2n) is 7.19. The third-order valence-electron chi connectivity index (χ3n) is 4.71. The number of aromatic nitrogens is 6. The van der Waals surface area contributed by atoms with Crippen molar-refractivity contribution in [3.05, 3.63) is 65.4 Å². The van der Waals surface area contributed by atoms with Crippen LogP contribution < -0.4 is 10.6 Å². The van der Waals surface area contributed by atoms with Crippen molar-refractivity contribution in [2.24, 2.45) is 7.05 Å². The number of pyridine rings is 2. The molecule has 0 fully saturated rings. The molecular formula is C21H15F2N9O4. The minimum atomic E-state index is -1.15. The Morgan fingerprint density at radius 3 is 2.69 bits per heavy atom. The van der Waals surface area contributed by atoms with Gasteiger partial charge in [-0.05, 0) is 25.1 Å². The molecule has 0 unspecified atom stereocenters. The van der Waals surface area contributed by atoms with Gasteiger partial charge in [0.2, 0.25) is 11.7 Å². The summed E-state index contributed by atoms with van der Waals surface area (Å²) in [5.41, 5.74) is 0.490. The maximum absolute atomic E-state index is 13.9. The molecule has 0 saturated carbocycles. The van der Waals surface area contributed by atoms with Crippen LogP contribution in [0.2, 0.25) is 0 Å². The van der Waals surface area contributed by atoms with Crippen LogP contribution in [0.25, 0.3) is 11.4 Å². The summed E-state index contributed by atoms with van der Waals surface area (Å²) in [7, 11) is 1.51. The van der Waals surface area contributed by atoms with Gasteiger partial charge in [0.25, 0.3) is 5.91 Å². The zero-order valence-corrected chi connectivity index (χ0v) is 18.6. The number of amides is 2. The van der Waals surface area contributed by atoms with Gasteiger partial charge in [0.05, 0.1) is 29.3 Å². The number of ether oxygens (including phenoxy) is 1. The molecule has 0 aromatic carbocycles. The van der Waals surface area contributed by atoms with Crippen LogP contribution in [0.3, 0.4) is 0 Å². The first-order chi connectivity index (χ1) is 17.2. The van der Waals surface area contributed by atoms with Crippen LogP contribution in [0.4, 0.5) is 25.1 Å². The van der Waals surface area contributed by atoms with Crippen LogP contribution in [0, 0.1) is 23.1 Å². The molecule has 4 aromatic rings. The van der Waals surface area contributed by atoms with E-state index in [9.17, 15) is 18.4 Å². The van der Waals surface area contributed by atoms with Crippen molar-refractivity contribution >= 4 is 23.5 Å². The van der Waals surface area contributed by atoms with Crippen molar-refractivity contribution in [2.45, 2.75) is 13.0 Å². The van der Waals surface area contributed by atoms with Crippen molar-refractivity contribution < 1.29 is 27.6 Å². The van der Waals surface area contributed by atoms with Gasteiger partial charge >= 0.3 is 6.09 Å². The van der Waals surface area contributed by atoms with E-state index >= 15 is 0 Å². The molecule has 0 aliphatic heterocycles. The number of halogens is 2. The number of nitrogens with one attached hydrogen (secondary N) is 2. The summed E-state index contributed by atoms with van der Waals surface area (Å²) in [6, 6.07) is 6.84. The summed E-state index contributed by atoms with van der Waals surface area (Å²) < 4.78 is 38.4. The maximum atomic E-state index is 13.9. The van der Waals surface area contributed by atoms with Gasteiger partial charge in [-0.25, -0.2) is 18.9 Å². The van der Waals surface area contributed by atoms with Gasteiger partial charge in [-0.3, -0.25) is 15.1 Å². The van der Waals surface area contributed by atoms with E-state index in [0.717, 1.165) is 6.07 Å². The Morgan fingerprint density at radius 2 is 2.00 bits per heavy atom. The third-order valence-corrected chi connectivity index (χ3v) is 4.71. The van der Waals surface area contributed by atoms with E-state index in [1.807, 2.05) is 0 Å². The molecule has 1 atom stereocenters. The fourth-order valence-corrected chi connectivity index (χ4v) is 2.98. The lowest BCUT2D eigenvalue weighted by atomic mass is 10.2. The molecule has 2 N–H and O–H groups in total. The largest absolute Gasteiger partial charge is 0.441 e. The molecule has 4 rings (SSSR count). The monoisotopic (exact) mass is 495 g/mol. The third kappa shape index (κ3) is 5.12. The van der Waals surface area contributed by atoms with Crippen LogP contribution in [-0.4, -0.2) is 42.1 Å².